The molecule has 3 rings (SSSR count). The fraction of sp³-hybridized carbons (Fsp3) is 0.316. The minimum Gasteiger partial charge on any atom is -0.324 e. The van der Waals surface area contributed by atoms with Crippen LogP contribution in [0.15, 0.2) is 53.4 Å². The third kappa shape index (κ3) is 3.92. The average molecular weight is 393 g/mol. The van der Waals surface area contributed by atoms with Gasteiger partial charge in [0.1, 0.15) is 6.04 Å². The molecule has 1 N–H and O–H groups in total. The summed E-state index contributed by atoms with van der Waals surface area (Å²) in [6.07, 6.45) is 2.07. The maximum Gasteiger partial charge on any atom is 0.243 e. The fourth-order valence-electron chi connectivity index (χ4n) is 3.17. The van der Waals surface area contributed by atoms with Gasteiger partial charge in [0, 0.05) is 17.3 Å². The van der Waals surface area contributed by atoms with Gasteiger partial charge in [-0.15, -0.1) is 0 Å². The van der Waals surface area contributed by atoms with Gasteiger partial charge in [-0.2, -0.15) is 4.31 Å². The highest BCUT2D eigenvalue weighted by molar-refractivity contribution is 7.89. The molecule has 138 valence electrons. The molecule has 0 unspecified atom stereocenters. The van der Waals surface area contributed by atoms with Crippen LogP contribution in [0.3, 0.4) is 0 Å². The van der Waals surface area contributed by atoms with Crippen molar-refractivity contribution in [2.75, 3.05) is 11.9 Å². The van der Waals surface area contributed by atoms with Gasteiger partial charge >= 0.3 is 0 Å². The van der Waals surface area contributed by atoms with Gasteiger partial charge in [0.25, 0.3) is 0 Å². The quantitative estimate of drug-likeness (QED) is 0.859. The van der Waals surface area contributed by atoms with Crippen LogP contribution in [-0.2, 0) is 14.8 Å². The largest absolute Gasteiger partial charge is 0.324 e. The highest BCUT2D eigenvalue weighted by atomic mass is 35.5. The monoisotopic (exact) mass is 392 g/mol. The molecule has 2 aromatic rings. The van der Waals surface area contributed by atoms with E-state index in [4.69, 9.17) is 11.6 Å². The highest BCUT2D eigenvalue weighted by Crippen LogP contribution is 2.27. The zero-order chi connectivity index (χ0) is 18.7. The molecule has 0 bridgehead atoms. The molecule has 0 spiro atoms. The summed E-state index contributed by atoms with van der Waals surface area (Å²) in [5.74, 6) is -0.311. The van der Waals surface area contributed by atoms with Crippen LogP contribution in [0, 0.1) is 6.92 Å². The summed E-state index contributed by atoms with van der Waals surface area (Å²) in [7, 11) is -3.71. The second-order valence-corrected chi connectivity index (χ2v) is 8.72. The van der Waals surface area contributed by atoms with Crippen molar-refractivity contribution in [3.05, 3.63) is 59.1 Å². The summed E-state index contributed by atoms with van der Waals surface area (Å²) in [4.78, 5) is 13.1. The van der Waals surface area contributed by atoms with Crippen LogP contribution in [0.2, 0.25) is 5.02 Å². The zero-order valence-corrected chi connectivity index (χ0v) is 16.1. The van der Waals surface area contributed by atoms with Crippen molar-refractivity contribution in [3.63, 3.8) is 0 Å². The lowest BCUT2D eigenvalue weighted by molar-refractivity contribution is -0.120. The van der Waals surface area contributed by atoms with E-state index < -0.39 is 16.1 Å². The minimum atomic E-state index is -3.71. The van der Waals surface area contributed by atoms with Crippen molar-refractivity contribution in [3.8, 4) is 0 Å². The van der Waals surface area contributed by atoms with Crippen LogP contribution in [0.1, 0.15) is 24.8 Å². The SMILES string of the molecule is Cc1cc(Cl)ccc1NC(=O)[C@@H]1CCCCN1S(=O)(=O)c1ccccc1. The molecule has 26 heavy (non-hydrogen) atoms. The summed E-state index contributed by atoms with van der Waals surface area (Å²) in [5, 5.41) is 3.45. The molecule has 1 aliphatic heterocycles. The van der Waals surface area contributed by atoms with E-state index in [9.17, 15) is 13.2 Å². The molecule has 0 aliphatic carbocycles. The van der Waals surface area contributed by atoms with Crippen molar-refractivity contribution in [1.82, 2.24) is 4.31 Å². The Morgan fingerprint density at radius 1 is 1.15 bits per heavy atom. The molecule has 1 aliphatic rings. The maximum atomic E-state index is 13.0. The number of hydrogen-bond donors (Lipinski definition) is 1. The van der Waals surface area contributed by atoms with Crippen molar-refractivity contribution < 1.29 is 13.2 Å². The Bertz CT molecular complexity index is 900. The van der Waals surface area contributed by atoms with E-state index in [-0.39, 0.29) is 10.8 Å². The molecule has 0 aromatic heterocycles. The van der Waals surface area contributed by atoms with Crippen molar-refractivity contribution in [1.29, 1.82) is 0 Å². The topological polar surface area (TPSA) is 66.5 Å². The molecular formula is C19H21ClN2O3S. The summed E-state index contributed by atoms with van der Waals surface area (Å²) in [5.41, 5.74) is 1.47. The van der Waals surface area contributed by atoms with Crippen molar-refractivity contribution >= 4 is 33.2 Å². The van der Waals surface area contributed by atoms with E-state index >= 15 is 0 Å². The van der Waals surface area contributed by atoms with Crippen molar-refractivity contribution in [2.45, 2.75) is 37.1 Å². The van der Waals surface area contributed by atoms with Crippen LogP contribution < -0.4 is 5.32 Å². The molecule has 1 amide bonds. The summed E-state index contributed by atoms with van der Waals surface area (Å²) in [6.45, 7) is 2.19. The first-order chi connectivity index (χ1) is 12.4. The molecule has 1 atom stereocenters. The van der Waals surface area contributed by atoms with E-state index in [1.54, 1.807) is 48.5 Å². The molecule has 1 saturated heterocycles. The van der Waals surface area contributed by atoms with Gasteiger partial charge in [-0.05, 0) is 55.7 Å². The lowest BCUT2D eigenvalue weighted by atomic mass is 10.0. The lowest BCUT2D eigenvalue weighted by Crippen LogP contribution is -2.49. The number of carbonyl (C=O) groups is 1. The lowest BCUT2D eigenvalue weighted by Gasteiger charge is -2.33. The standard InChI is InChI=1S/C19H21ClN2O3S/c1-14-13-15(20)10-11-17(14)21-19(23)18-9-5-6-12-22(18)26(24,25)16-7-3-2-4-8-16/h2-4,7-8,10-11,13,18H,5-6,9,12H2,1H3,(H,21,23)/t18-/m0/s1. The average Bonchev–Trinajstić information content (AvgIpc) is 2.64. The number of halogens is 1. The predicted molar refractivity (Wildman–Crippen MR) is 103 cm³/mol. The zero-order valence-electron chi connectivity index (χ0n) is 14.5. The first-order valence-corrected chi connectivity index (χ1v) is 10.4. The number of rotatable bonds is 4. The first kappa shape index (κ1) is 18.9. The number of anilines is 1. The number of sulfonamides is 1. The molecule has 0 saturated carbocycles. The normalized spacial score (nSPS) is 18.5. The second kappa shape index (κ2) is 7.78. The highest BCUT2D eigenvalue weighted by Gasteiger charge is 2.37. The number of amides is 1. The fourth-order valence-corrected chi connectivity index (χ4v) is 5.07. The van der Waals surface area contributed by atoms with Crippen LogP contribution in [0.5, 0.6) is 0 Å². The van der Waals surface area contributed by atoms with Gasteiger partial charge in [0.2, 0.25) is 15.9 Å². The van der Waals surface area contributed by atoms with E-state index in [0.29, 0.717) is 23.7 Å². The van der Waals surface area contributed by atoms with Gasteiger partial charge in [0.15, 0.2) is 0 Å². The van der Waals surface area contributed by atoms with Gasteiger partial charge in [-0.1, -0.05) is 36.2 Å². The van der Waals surface area contributed by atoms with Crippen molar-refractivity contribution in [2.24, 2.45) is 0 Å². The predicted octanol–water partition coefficient (Wildman–Crippen LogP) is 3.83. The van der Waals surface area contributed by atoms with E-state index in [1.165, 1.54) is 4.31 Å². The Hall–Kier alpha value is -1.89. The first-order valence-electron chi connectivity index (χ1n) is 8.53. The van der Waals surface area contributed by atoms with Gasteiger partial charge in [-0.25, -0.2) is 8.42 Å². The Balaban J connectivity index is 1.86. The minimum absolute atomic E-state index is 0.211. The third-order valence-electron chi connectivity index (χ3n) is 4.55. The molecule has 5 nitrogen and oxygen atoms in total. The number of piperidine rings is 1. The second-order valence-electron chi connectivity index (χ2n) is 6.39. The molecule has 7 heteroatoms. The van der Waals surface area contributed by atoms with Crippen LogP contribution >= 0.6 is 11.6 Å². The van der Waals surface area contributed by atoms with Crippen LogP contribution in [0.25, 0.3) is 0 Å². The number of nitrogens with one attached hydrogen (secondary N) is 1. The Labute approximate surface area is 159 Å². The summed E-state index contributed by atoms with van der Waals surface area (Å²) >= 11 is 5.95. The number of nitrogens with zero attached hydrogens (tertiary/aromatic N) is 1. The smallest absolute Gasteiger partial charge is 0.243 e. The number of hydrogen-bond acceptors (Lipinski definition) is 3. The molecule has 2 aromatic carbocycles. The Kier molecular flexibility index (Phi) is 5.65. The van der Waals surface area contributed by atoms with Crippen LogP contribution in [0.4, 0.5) is 5.69 Å². The van der Waals surface area contributed by atoms with E-state index in [0.717, 1.165) is 18.4 Å². The number of benzene rings is 2. The molecular weight excluding hydrogens is 372 g/mol. The summed E-state index contributed by atoms with van der Waals surface area (Å²) < 4.78 is 27.3. The van der Waals surface area contributed by atoms with E-state index in [2.05, 4.69) is 5.32 Å². The van der Waals surface area contributed by atoms with Gasteiger partial charge in [0.05, 0.1) is 4.90 Å². The third-order valence-corrected chi connectivity index (χ3v) is 6.71. The maximum absolute atomic E-state index is 13.0. The molecule has 1 fully saturated rings. The number of aryl methyl sites for hydroxylation is 1. The van der Waals surface area contributed by atoms with Crippen LogP contribution in [-0.4, -0.2) is 31.2 Å². The summed E-state index contributed by atoms with van der Waals surface area (Å²) in [6, 6.07) is 12.7. The van der Waals surface area contributed by atoms with Gasteiger partial charge in [-0.3, -0.25) is 4.79 Å². The molecule has 0 radical (unpaired) electrons. The molecule has 1 heterocycles. The Morgan fingerprint density at radius 3 is 2.58 bits per heavy atom. The number of carbonyl (C=O) groups excluding carboxylic acids is 1. The van der Waals surface area contributed by atoms with Gasteiger partial charge < -0.3 is 5.32 Å². The van der Waals surface area contributed by atoms with E-state index in [1.807, 2.05) is 6.92 Å². The Morgan fingerprint density at radius 2 is 1.88 bits per heavy atom.